The smallest absolute Gasteiger partial charge is 0.256 e. The summed E-state index contributed by atoms with van der Waals surface area (Å²) in [7, 11) is 3.68. The van der Waals surface area contributed by atoms with Gasteiger partial charge in [-0.3, -0.25) is 4.79 Å². The molecule has 1 aromatic rings. The minimum absolute atomic E-state index is 0.155. The standard InChI is InChI=1S/C13H18FN3O/c1-16(2)10-3-4-11(12(14)9-10)13(18)17-7-5-15-6-8-17/h3-4,9,15H,5-8H2,1-2H3. The summed E-state index contributed by atoms with van der Waals surface area (Å²) in [5.74, 6) is -0.677. The fourth-order valence-electron chi connectivity index (χ4n) is 1.99. The summed E-state index contributed by atoms with van der Waals surface area (Å²) in [6, 6.07) is 4.73. The van der Waals surface area contributed by atoms with Gasteiger partial charge in [0.2, 0.25) is 0 Å². The lowest BCUT2D eigenvalue weighted by atomic mass is 10.1. The first-order valence-corrected chi connectivity index (χ1v) is 6.06. The second-order valence-electron chi connectivity index (χ2n) is 4.60. The normalized spacial score (nSPS) is 15.6. The summed E-state index contributed by atoms with van der Waals surface area (Å²) in [6.45, 7) is 2.80. The van der Waals surface area contributed by atoms with Crippen LogP contribution < -0.4 is 10.2 Å². The quantitative estimate of drug-likeness (QED) is 0.849. The van der Waals surface area contributed by atoms with E-state index >= 15 is 0 Å². The number of benzene rings is 1. The maximum absolute atomic E-state index is 13.9. The van der Waals surface area contributed by atoms with Crippen LogP contribution in [0.5, 0.6) is 0 Å². The Balaban J connectivity index is 2.19. The van der Waals surface area contributed by atoms with Gasteiger partial charge in [0.05, 0.1) is 5.56 Å². The first-order chi connectivity index (χ1) is 8.59. The van der Waals surface area contributed by atoms with Gasteiger partial charge in [-0.2, -0.15) is 0 Å². The molecule has 0 spiro atoms. The lowest BCUT2D eigenvalue weighted by molar-refractivity contribution is 0.0731. The van der Waals surface area contributed by atoms with Crippen LogP contribution in [0.3, 0.4) is 0 Å². The summed E-state index contributed by atoms with van der Waals surface area (Å²) >= 11 is 0. The molecule has 0 saturated carbocycles. The fourth-order valence-corrected chi connectivity index (χ4v) is 1.99. The zero-order valence-electron chi connectivity index (χ0n) is 10.7. The van der Waals surface area contributed by atoms with E-state index in [0.29, 0.717) is 13.1 Å². The van der Waals surface area contributed by atoms with Crippen molar-refractivity contribution in [2.75, 3.05) is 45.2 Å². The van der Waals surface area contributed by atoms with E-state index in [9.17, 15) is 9.18 Å². The first kappa shape index (κ1) is 12.8. The molecule has 1 aliphatic rings. The van der Waals surface area contributed by atoms with Crippen molar-refractivity contribution in [2.45, 2.75) is 0 Å². The number of halogens is 1. The number of anilines is 1. The molecule has 1 N–H and O–H groups in total. The molecule has 1 aliphatic heterocycles. The number of carbonyl (C=O) groups is 1. The third-order valence-corrected chi connectivity index (χ3v) is 3.10. The molecule has 1 aromatic carbocycles. The van der Waals surface area contributed by atoms with Crippen molar-refractivity contribution < 1.29 is 9.18 Å². The summed E-state index contributed by atoms with van der Waals surface area (Å²) in [5, 5.41) is 3.17. The zero-order valence-corrected chi connectivity index (χ0v) is 10.7. The Kier molecular flexibility index (Phi) is 3.81. The third kappa shape index (κ3) is 2.61. The Morgan fingerprint density at radius 3 is 2.56 bits per heavy atom. The Hall–Kier alpha value is -1.62. The number of nitrogens with one attached hydrogen (secondary N) is 1. The van der Waals surface area contributed by atoms with Crippen LogP contribution in [-0.4, -0.2) is 51.1 Å². The van der Waals surface area contributed by atoms with Crippen molar-refractivity contribution in [2.24, 2.45) is 0 Å². The van der Waals surface area contributed by atoms with Crippen molar-refractivity contribution >= 4 is 11.6 Å². The minimum atomic E-state index is -0.454. The molecular formula is C13H18FN3O. The summed E-state index contributed by atoms with van der Waals surface area (Å²) in [4.78, 5) is 15.6. The van der Waals surface area contributed by atoms with E-state index in [2.05, 4.69) is 5.32 Å². The maximum Gasteiger partial charge on any atom is 0.256 e. The van der Waals surface area contributed by atoms with Crippen molar-refractivity contribution in [3.63, 3.8) is 0 Å². The zero-order chi connectivity index (χ0) is 13.1. The van der Waals surface area contributed by atoms with Gasteiger partial charge >= 0.3 is 0 Å². The molecule has 1 saturated heterocycles. The third-order valence-electron chi connectivity index (χ3n) is 3.10. The molecule has 5 heteroatoms. The highest BCUT2D eigenvalue weighted by molar-refractivity contribution is 5.95. The van der Waals surface area contributed by atoms with Crippen molar-refractivity contribution in [1.29, 1.82) is 0 Å². The van der Waals surface area contributed by atoms with Crippen LogP contribution in [0.15, 0.2) is 18.2 Å². The number of carbonyl (C=O) groups excluding carboxylic acids is 1. The van der Waals surface area contributed by atoms with E-state index in [1.54, 1.807) is 17.0 Å². The van der Waals surface area contributed by atoms with Gasteiger partial charge in [0, 0.05) is 46.0 Å². The summed E-state index contributed by atoms with van der Waals surface area (Å²) in [6.07, 6.45) is 0. The molecule has 4 nitrogen and oxygen atoms in total. The van der Waals surface area contributed by atoms with Crippen molar-refractivity contribution in [1.82, 2.24) is 10.2 Å². The van der Waals surface area contributed by atoms with E-state index in [1.165, 1.54) is 6.07 Å². The van der Waals surface area contributed by atoms with E-state index in [4.69, 9.17) is 0 Å². The van der Waals surface area contributed by atoms with Gasteiger partial charge in [-0.1, -0.05) is 0 Å². The van der Waals surface area contributed by atoms with Crippen LogP contribution in [0.4, 0.5) is 10.1 Å². The molecule has 2 rings (SSSR count). The number of piperazine rings is 1. The van der Waals surface area contributed by atoms with E-state index in [0.717, 1.165) is 18.8 Å². The first-order valence-electron chi connectivity index (χ1n) is 6.06. The Labute approximate surface area is 106 Å². The predicted molar refractivity (Wildman–Crippen MR) is 69.5 cm³/mol. The number of rotatable bonds is 2. The van der Waals surface area contributed by atoms with Gasteiger partial charge < -0.3 is 15.1 Å². The number of nitrogens with zero attached hydrogens (tertiary/aromatic N) is 2. The van der Waals surface area contributed by atoms with Gasteiger partial charge in [0.1, 0.15) is 5.82 Å². The van der Waals surface area contributed by atoms with Crippen LogP contribution in [0.25, 0.3) is 0 Å². The lowest BCUT2D eigenvalue weighted by Crippen LogP contribution is -2.46. The van der Waals surface area contributed by atoms with Gasteiger partial charge in [0.15, 0.2) is 0 Å². The molecule has 0 atom stereocenters. The Bertz CT molecular complexity index is 442. The molecular weight excluding hydrogens is 233 g/mol. The highest BCUT2D eigenvalue weighted by Gasteiger charge is 2.21. The second kappa shape index (κ2) is 5.35. The summed E-state index contributed by atoms with van der Waals surface area (Å²) in [5.41, 5.74) is 0.909. The van der Waals surface area contributed by atoms with Crippen LogP contribution >= 0.6 is 0 Å². The second-order valence-corrected chi connectivity index (χ2v) is 4.60. The molecule has 0 bridgehead atoms. The SMILES string of the molecule is CN(C)c1ccc(C(=O)N2CCNCC2)c(F)c1. The molecule has 0 radical (unpaired) electrons. The van der Waals surface area contributed by atoms with Gasteiger partial charge in [-0.25, -0.2) is 4.39 Å². The molecule has 0 unspecified atom stereocenters. The molecule has 1 amide bonds. The molecule has 0 aromatic heterocycles. The Morgan fingerprint density at radius 1 is 1.33 bits per heavy atom. The monoisotopic (exact) mass is 251 g/mol. The molecule has 98 valence electrons. The van der Waals surface area contributed by atoms with E-state index in [-0.39, 0.29) is 11.5 Å². The average Bonchev–Trinajstić information content (AvgIpc) is 2.38. The van der Waals surface area contributed by atoms with Crippen LogP contribution in [0.1, 0.15) is 10.4 Å². The largest absolute Gasteiger partial charge is 0.378 e. The molecule has 0 aliphatic carbocycles. The molecule has 1 heterocycles. The highest BCUT2D eigenvalue weighted by Crippen LogP contribution is 2.18. The van der Waals surface area contributed by atoms with Crippen molar-refractivity contribution in [3.05, 3.63) is 29.6 Å². The van der Waals surface area contributed by atoms with Crippen LogP contribution in [0, 0.1) is 5.82 Å². The molecule has 18 heavy (non-hydrogen) atoms. The predicted octanol–water partition coefficient (Wildman–Crippen LogP) is 0.937. The summed E-state index contributed by atoms with van der Waals surface area (Å²) < 4.78 is 13.9. The van der Waals surface area contributed by atoms with E-state index in [1.807, 2.05) is 19.0 Å². The van der Waals surface area contributed by atoms with Crippen molar-refractivity contribution in [3.8, 4) is 0 Å². The minimum Gasteiger partial charge on any atom is -0.378 e. The van der Waals surface area contributed by atoms with Gasteiger partial charge in [-0.05, 0) is 18.2 Å². The Morgan fingerprint density at radius 2 is 2.00 bits per heavy atom. The van der Waals surface area contributed by atoms with Crippen LogP contribution in [0.2, 0.25) is 0 Å². The fraction of sp³-hybridized carbons (Fsp3) is 0.462. The number of hydrogen-bond acceptors (Lipinski definition) is 3. The van der Waals surface area contributed by atoms with Crippen LogP contribution in [-0.2, 0) is 0 Å². The van der Waals surface area contributed by atoms with Gasteiger partial charge in [-0.15, -0.1) is 0 Å². The van der Waals surface area contributed by atoms with Gasteiger partial charge in [0.25, 0.3) is 5.91 Å². The average molecular weight is 251 g/mol. The lowest BCUT2D eigenvalue weighted by Gasteiger charge is -2.27. The maximum atomic E-state index is 13.9. The number of amides is 1. The topological polar surface area (TPSA) is 35.6 Å². The number of hydrogen-bond donors (Lipinski definition) is 1. The molecule has 1 fully saturated rings. The highest BCUT2D eigenvalue weighted by atomic mass is 19.1. The van der Waals surface area contributed by atoms with E-state index < -0.39 is 5.82 Å².